The van der Waals surface area contributed by atoms with E-state index in [2.05, 4.69) is 5.32 Å². The molecule has 5 heteroatoms. The van der Waals surface area contributed by atoms with E-state index in [-0.39, 0.29) is 17.4 Å². The molecule has 0 atom stereocenters. The Morgan fingerprint density at radius 1 is 1.50 bits per heavy atom. The molecule has 2 heterocycles. The molecular weight excluding hydrogens is 232 g/mol. The van der Waals surface area contributed by atoms with E-state index in [4.69, 9.17) is 4.74 Å². The number of rotatable bonds is 3. The molecule has 0 spiro atoms. The quantitative estimate of drug-likeness (QED) is 0.870. The van der Waals surface area contributed by atoms with Crippen LogP contribution in [0.1, 0.15) is 13.8 Å². The van der Waals surface area contributed by atoms with Crippen LogP contribution < -0.4 is 10.9 Å². The van der Waals surface area contributed by atoms with Crippen LogP contribution >= 0.6 is 0 Å². The summed E-state index contributed by atoms with van der Waals surface area (Å²) in [6.45, 7) is 4.90. The van der Waals surface area contributed by atoms with Crippen LogP contribution in [0.25, 0.3) is 0 Å². The number of carbonyl (C=O) groups excluding carboxylic acids is 1. The molecule has 0 aliphatic carbocycles. The molecule has 0 saturated carbocycles. The predicted molar refractivity (Wildman–Crippen MR) is 68.4 cm³/mol. The third-order valence-corrected chi connectivity index (χ3v) is 3.64. The minimum Gasteiger partial charge on any atom is -0.379 e. The number of amides is 1. The molecule has 1 aromatic heterocycles. The maximum Gasteiger partial charge on any atom is 0.252 e. The third-order valence-electron chi connectivity index (χ3n) is 3.64. The van der Waals surface area contributed by atoms with Crippen LogP contribution in [0.2, 0.25) is 0 Å². The lowest BCUT2D eigenvalue weighted by atomic mass is 9.74. The molecule has 0 aromatic carbocycles. The van der Waals surface area contributed by atoms with Gasteiger partial charge in [0.05, 0.1) is 18.6 Å². The molecule has 98 valence electrons. The van der Waals surface area contributed by atoms with Crippen molar-refractivity contribution in [2.24, 2.45) is 18.4 Å². The first-order valence-corrected chi connectivity index (χ1v) is 6.01. The number of hydrogen-bond donors (Lipinski definition) is 1. The Balaban J connectivity index is 2.16. The van der Waals surface area contributed by atoms with Crippen LogP contribution in [0.4, 0.5) is 5.69 Å². The number of hydrogen-bond acceptors (Lipinski definition) is 3. The van der Waals surface area contributed by atoms with Crippen molar-refractivity contribution in [3.63, 3.8) is 0 Å². The molecule has 2 rings (SSSR count). The smallest absolute Gasteiger partial charge is 0.252 e. The highest BCUT2D eigenvalue weighted by molar-refractivity contribution is 5.96. The van der Waals surface area contributed by atoms with Crippen LogP contribution in [-0.2, 0) is 16.6 Å². The van der Waals surface area contributed by atoms with Crippen LogP contribution in [0.15, 0.2) is 23.1 Å². The van der Waals surface area contributed by atoms with E-state index in [1.807, 2.05) is 13.8 Å². The largest absolute Gasteiger partial charge is 0.379 e. The summed E-state index contributed by atoms with van der Waals surface area (Å²) in [5.41, 5.74) is -0.0626. The van der Waals surface area contributed by atoms with Gasteiger partial charge in [-0.15, -0.1) is 0 Å². The number of ether oxygens (including phenoxy) is 1. The number of nitrogens with zero attached hydrogens (tertiary/aromatic N) is 1. The van der Waals surface area contributed by atoms with Crippen molar-refractivity contribution in [1.29, 1.82) is 0 Å². The molecule has 1 N–H and O–H groups in total. The molecule has 0 radical (unpaired) electrons. The minimum atomic E-state index is -0.457. The van der Waals surface area contributed by atoms with E-state index in [0.717, 1.165) is 0 Å². The van der Waals surface area contributed by atoms with E-state index >= 15 is 0 Å². The van der Waals surface area contributed by atoms with E-state index in [1.54, 1.807) is 19.3 Å². The van der Waals surface area contributed by atoms with E-state index in [9.17, 15) is 9.59 Å². The van der Waals surface area contributed by atoms with Crippen molar-refractivity contribution < 1.29 is 9.53 Å². The van der Waals surface area contributed by atoms with E-state index in [1.165, 1.54) is 10.6 Å². The fraction of sp³-hybridized carbons (Fsp3) is 0.538. The number of pyridine rings is 1. The zero-order chi connectivity index (χ0) is 13.3. The zero-order valence-corrected chi connectivity index (χ0v) is 10.9. The van der Waals surface area contributed by atoms with Gasteiger partial charge < -0.3 is 14.6 Å². The predicted octanol–water partition coefficient (Wildman–Crippen LogP) is 0.996. The van der Waals surface area contributed by atoms with Crippen LogP contribution in [0, 0.1) is 11.3 Å². The summed E-state index contributed by atoms with van der Waals surface area (Å²) in [4.78, 5) is 23.7. The number of aromatic nitrogens is 1. The lowest BCUT2D eigenvalue weighted by Crippen LogP contribution is -2.55. The Morgan fingerprint density at radius 2 is 2.17 bits per heavy atom. The number of aryl methyl sites for hydroxylation is 1. The van der Waals surface area contributed by atoms with Gasteiger partial charge in [0.2, 0.25) is 5.91 Å². The summed E-state index contributed by atoms with van der Waals surface area (Å²) in [6.07, 6.45) is 1.64. The second-order valence-corrected chi connectivity index (χ2v) is 5.12. The van der Waals surface area contributed by atoms with Crippen molar-refractivity contribution in [3.8, 4) is 0 Å². The first kappa shape index (κ1) is 12.8. The standard InChI is InChI=1S/C13H18N2O3/c1-9(2)13(7-18-8-13)12(17)14-10-4-5-15(3)11(16)6-10/h4-6,9H,7-8H2,1-3H3,(H,14,17). The molecular formula is C13H18N2O3. The van der Waals surface area contributed by atoms with Gasteiger partial charge in [-0.3, -0.25) is 9.59 Å². The maximum atomic E-state index is 12.3. The molecule has 0 bridgehead atoms. The third kappa shape index (κ3) is 2.06. The number of carbonyl (C=O) groups is 1. The maximum absolute atomic E-state index is 12.3. The summed E-state index contributed by atoms with van der Waals surface area (Å²) in [6, 6.07) is 3.14. The van der Waals surface area contributed by atoms with Crippen molar-refractivity contribution in [3.05, 3.63) is 28.7 Å². The van der Waals surface area contributed by atoms with E-state index in [0.29, 0.717) is 18.9 Å². The Kier molecular flexibility index (Phi) is 3.26. The Bertz CT molecular complexity index is 515. The second kappa shape index (κ2) is 4.57. The fourth-order valence-corrected chi connectivity index (χ4v) is 1.93. The van der Waals surface area contributed by atoms with Gasteiger partial charge in [0.1, 0.15) is 0 Å². The molecule has 5 nitrogen and oxygen atoms in total. The zero-order valence-electron chi connectivity index (χ0n) is 10.9. The normalized spacial score (nSPS) is 17.3. The van der Waals surface area contributed by atoms with Gasteiger partial charge in [-0.05, 0) is 12.0 Å². The molecule has 1 aliphatic rings. The average molecular weight is 250 g/mol. The SMILES string of the molecule is CC(C)C1(C(=O)Nc2ccn(C)c(=O)c2)COC1. The Hall–Kier alpha value is -1.62. The molecule has 1 saturated heterocycles. The van der Waals surface area contributed by atoms with Crippen LogP contribution in [0.5, 0.6) is 0 Å². The summed E-state index contributed by atoms with van der Waals surface area (Å²) in [5, 5.41) is 2.80. The van der Waals surface area contributed by atoms with E-state index < -0.39 is 5.41 Å². The fourth-order valence-electron chi connectivity index (χ4n) is 1.93. The number of anilines is 1. The van der Waals surface area contributed by atoms with Gasteiger partial charge in [0.25, 0.3) is 5.56 Å². The lowest BCUT2D eigenvalue weighted by Gasteiger charge is -2.43. The minimum absolute atomic E-state index is 0.0722. The van der Waals surface area contributed by atoms with Gasteiger partial charge in [0, 0.05) is 25.0 Å². The molecule has 1 fully saturated rings. The van der Waals surface area contributed by atoms with Gasteiger partial charge >= 0.3 is 0 Å². The van der Waals surface area contributed by atoms with Crippen molar-refractivity contribution in [2.75, 3.05) is 18.5 Å². The second-order valence-electron chi connectivity index (χ2n) is 5.12. The van der Waals surface area contributed by atoms with Crippen LogP contribution in [0.3, 0.4) is 0 Å². The highest BCUT2D eigenvalue weighted by atomic mass is 16.5. The summed E-state index contributed by atoms with van der Waals surface area (Å²) < 4.78 is 6.63. The topological polar surface area (TPSA) is 60.3 Å². The van der Waals surface area contributed by atoms with Gasteiger partial charge in [-0.1, -0.05) is 13.8 Å². The van der Waals surface area contributed by atoms with Crippen molar-refractivity contribution in [1.82, 2.24) is 4.57 Å². The van der Waals surface area contributed by atoms with Gasteiger partial charge in [-0.25, -0.2) is 0 Å². The first-order chi connectivity index (χ1) is 8.45. The molecule has 1 amide bonds. The van der Waals surface area contributed by atoms with Crippen molar-refractivity contribution in [2.45, 2.75) is 13.8 Å². The first-order valence-electron chi connectivity index (χ1n) is 6.01. The highest BCUT2D eigenvalue weighted by Crippen LogP contribution is 2.36. The average Bonchev–Trinajstić information content (AvgIpc) is 2.21. The summed E-state index contributed by atoms with van der Waals surface area (Å²) in [7, 11) is 1.67. The van der Waals surface area contributed by atoms with Gasteiger partial charge in [0.15, 0.2) is 0 Å². The monoisotopic (exact) mass is 250 g/mol. The Labute approximate surface area is 106 Å². The Morgan fingerprint density at radius 3 is 2.61 bits per heavy atom. The van der Waals surface area contributed by atoms with Crippen LogP contribution in [-0.4, -0.2) is 23.7 Å². The molecule has 1 aliphatic heterocycles. The molecule has 18 heavy (non-hydrogen) atoms. The summed E-state index contributed by atoms with van der Waals surface area (Å²) in [5.74, 6) is 0.134. The van der Waals surface area contributed by atoms with Gasteiger partial charge in [-0.2, -0.15) is 0 Å². The number of nitrogens with one attached hydrogen (secondary N) is 1. The van der Waals surface area contributed by atoms with Crippen molar-refractivity contribution >= 4 is 11.6 Å². The highest BCUT2D eigenvalue weighted by Gasteiger charge is 2.48. The molecule has 1 aromatic rings. The molecule has 0 unspecified atom stereocenters. The summed E-state index contributed by atoms with van der Waals surface area (Å²) >= 11 is 0. The lowest BCUT2D eigenvalue weighted by molar-refractivity contribution is -0.166.